The van der Waals surface area contributed by atoms with Crippen LogP contribution in [0.15, 0.2) is 17.5 Å². The molecule has 1 amide bonds. The molecule has 0 aromatic carbocycles. The minimum Gasteiger partial charge on any atom is -0.350 e. The van der Waals surface area contributed by atoms with Crippen molar-refractivity contribution in [3.05, 3.63) is 43.3 Å². The lowest BCUT2D eigenvalue weighted by Gasteiger charge is -2.32. The maximum atomic E-state index is 12.2. The number of aryl methyl sites for hydroxylation is 2. The summed E-state index contributed by atoms with van der Waals surface area (Å²) in [4.78, 5) is 18.3. The van der Waals surface area contributed by atoms with Gasteiger partial charge in [-0.05, 0) is 55.8 Å². The van der Waals surface area contributed by atoms with Crippen LogP contribution in [-0.4, -0.2) is 29.9 Å². The van der Waals surface area contributed by atoms with E-state index in [2.05, 4.69) is 42.4 Å². The summed E-state index contributed by atoms with van der Waals surface area (Å²) in [6.45, 7) is 9.11. The zero-order chi connectivity index (χ0) is 15.7. The summed E-state index contributed by atoms with van der Waals surface area (Å²) >= 11 is 3.44. The van der Waals surface area contributed by atoms with Crippen LogP contribution >= 0.6 is 22.7 Å². The first kappa shape index (κ1) is 15.7. The third kappa shape index (κ3) is 3.26. The van der Waals surface area contributed by atoms with Crippen LogP contribution in [0.3, 0.4) is 0 Å². The van der Waals surface area contributed by atoms with Crippen molar-refractivity contribution in [2.75, 3.05) is 13.1 Å². The Morgan fingerprint density at radius 2 is 2.27 bits per heavy atom. The number of rotatable bonds is 4. The number of nitrogens with one attached hydrogen (secondary N) is 1. The van der Waals surface area contributed by atoms with Crippen molar-refractivity contribution in [2.45, 2.75) is 39.8 Å². The second kappa shape index (κ2) is 6.52. The van der Waals surface area contributed by atoms with Gasteiger partial charge in [0, 0.05) is 35.4 Å². The van der Waals surface area contributed by atoms with Crippen molar-refractivity contribution in [1.82, 2.24) is 10.2 Å². The van der Waals surface area contributed by atoms with E-state index in [-0.39, 0.29) is 5.91 Å². The third-order valence-corrected chi connectivity index (χ3v) is 6.58. The van der Waals surface area contributed by atoms with Gasteiger partial charge < -0.3 is 5.32 Å². The maximum absolute atomic E-state index is 12.2. The number of thiophene rings is 2. The zero-order valence-electron chi connectivity index (χ0n) is 13.3. The number of amides is 1. The fourth-order valence-electron chi connectivity index (χ4n) is 2.79. The monoisotopic (exact) mass is 334 g/mol. The molecule has 1 N–H and O–H groups in total. The Morgan fingerprint density at radius 1 is 1.45 bits per heavy atom. The smallest absolute Gasteiger partial charge is 0.261 e. The molecule has 22 heavy (non-hydrogen) atoms. The van der Waals surface area contributed by atoms with Gasteiger partial charge in [-0.25, -0.2) is 0 Å². The Balaban J connectivity index is 1.54. The highest BCUT2D eigenvalue weighted by Gasteiger charge is 2.22. The summed E-state index contributed by atoms with van der Waals surface area (Å²) in [6.07, 6.45) is 1.13. The Bertz CT molecular complexity index is 655. The number of fused-ring (bicyclic) bond motifs is 1. The first-order chi connectivity index (χ1) is 10.5. The lowest BCUT2D eigenvalue weighted by Crippen LogP contribution is -2.44. The molecule has 5 heteroatoms. The molecule has 0 saturated heterocycles. The van der Waals surface area contributed by atoms with Gasteiger partial charge in [-0.15, -0.1) is 22.7 Å². The minimum atomic E-state index is 0.0567. The molecular formula is C17H22N2OS2. The summed E-state index contributed by atoms with van der Waals surface area (Å²) in [6, 6.07) is 4.58. The van der Waals surface area contributed by atoms with Crippen molar-refractivity contribution in [3.8, 4) is 0 Å². The van der Waals surface area contributed by atoms with E-state index in [1.165, 1.54) is 20.9 Å². The average molecular weight is 335 g/mol. The van der Waals surface area contributed by atoms with Crippen molar-refractivity contribution in [1.29, 1.82) is 0 Å². The standard InChI is InChI=1S/C17H22N2OS2/c1-11-8-16(22-13(11)3)17(20)18-9-12(2)19-6-4-15-14(10-19)5-7-21-15/h5,7-8,12H,4,6,9-10H2,1-3H3,(H,18,20)/t12-/m0/s1. The van der Waals surface area contributed by atoms with Crippen molar-refractivity contribution >= 4 is 28.6 Å². The summed E-state index contributed by atoms with van der Waals surface area (Å²) in [5.74, 6) is 0.0567. The molecule has 0 unspecified atom stereocenters. The highest BCUT2D eigenvalue weighted by atomic mass is 32.1. The fourth-order valence-corrected chi connectivity index (χ4v) is 4.63. The minimum absolute atomic E-state index is 0.0567. The van der Waals surface area contributed by atoms with E-state index in [1.54, 1.807) is 11.3 Å². The molecule has 3 nitrogen and oxygen atoms in total. The van der Waals surface area contributed by atoms with Gasteiger partial charge in [0.15, 0.2) is 0 Å². The van der Waals surface area contributed by atoms with Gasteiger partial charge in [0.2, 0.25) is 0 Å². The zero-order valence-corrected chi connectivity index (χ0v) is 14.9. The second-order valence-corrected chi connectivity index (χ2v) is 8.26. The first-order valence-corrected chi connectivity index (χ1v) is 9.38. The van der Waals surface area contributed by atoms with Crippen LogP contribution in [0.5, 0.6) is 0 Å². The summed E-state index contributed by atoms with van der Waals surface area (Å²) < 4.78 is 0. The number of carbonyl (C=O) groups is 1. The molecule has 0 radical (unpaired) electrons. The molecule has 1 atom stereocenters. The van der Waals surface area contributed by atoms with Gasteiger partial charge in [-0.2, -0.15) is 0 Å². The molecular weight excluding hydrogens is 312 g/mol. The van der Waals surface area contributed by atoms with Crippen molar-refractivity contribution in [2.24, 2.45) is 0 Å². The van der Waals surface area contributed by atoms with E-state index in [4.69, 9.17) is 0 Å². The quantitative estimate of drug-likeness (QED) is 0.926. The third-order valence-electron chi connectivity index (χ3n) is 4.41. The molecule has 0 spiro atoms. The van der Waals surface area contributed by atoms with Gasteiger partial charge in [-0.3, -0.25) is 9.69 Å². The van der Waals surface area contributed by atoms with Crippen LogP contribution in [0.4, 0.5) is 0 Å². The predicted molar refractivity (Wildman–Crippen MR) is 94.0 cm³/mol. The largest absolute Gasteiger partial charge is 0.350 e. The Kier molecular flexibility index (Phi) is 4.66. The molecule has 1 aliphatic heterocycles. The van der Waals surface area contributed by atoms with Crippen LogP contribution in [0.1, 0.15) is 37.5 Å². The van der Waals surface area contributed by atoms with E-state index in [1.807, 2.05) is 17.4 Å². The van der Waals surface area contributed by atoms with Crippen molar-refractivity contribution < 1.29 is 4.79 Å². The van der Waals surface area contributed by atoms with E-state index < -0.39 is 0 Å². The molecule has 118 valence electrons. The van der Waals surface area contributed by atoms with Gasteiger partial charge >= 0.3 is 0 Å². The molecule has 0 fully saturated rings. The highest BCUT2D eigenvalue weighted by Crippen LogP contribution is 2.25. The van der Waals surface area contributed by atoms with Crippen LogP contribution in [0.25, 0.3) is 0 Å². The Hall–Kier alpha value is -1.17. The van der Waals surface area contributed by atoms with E-state index in [0.717, 1.165) is 24.4 Å². The van der Waals surface area contributed by atoms with Crippen LogP contribution in [-0.2, 0) is 13.0 Å². The van der Waals surface area contributed by atoms with Crippen LogP contribution in [0, 0.1) is 13.8 Å². The molecule has 1 aliphatic rings. The van der Waals surface area contributed by atoms with Gasteiger partial charge in [0.1, 0.15) is 0 Å². The van der Waals surface area contributed by atoms with Crippen LogP contribution in [0.2, 0.25) is 0 Å². The molecule has 0 saturated carbocycles. The molecule has 3 heterocycles. The summed E-state index contributed by atoms with van der Waals surface area (Å²) in [5, 5.41) is 5.27. The molecule has 2 aromatic rings. The SMILES string of the molecule is Cc1cc(C(=O)NC[C@H](C)N2CCc3sccc3C2)sc1C. The molecule has 2 aromatic heterocycles. The topological polar surface area (TPSA) is 32.3 Å². The molecule has 0 aliphatic carbocycles. The van der Waals surface area contributed by atoms with Gasteiger partial charge in [0.05, 0.1) is 4.88 Å². The maximum Gasteiger partial charge on any atom is 0.261 e. The van der Waals surface area contributed by atoms with Crippen molar-refractivity contribution in [3.63, 3.8) is 0 Å². The molecule has 0 bridgehead atoms. The normalized spacial score (nSPS) is 16.3. The number of carbonyl (C=O) groups excluding carboxylic acids is 1. The van der Waals surface area contributed by atoms with Crippen LogP contribution < -0.4 is 5.32 Å². The van der Waals surface area contributed by atoms with Gasteiger partial charge in [-0.1, -0.05) is 0 Å². The first-order valence-electron chi connectivity index (χ1n) is 7.69. The average Bonchev–Trinajstić information content (AvgIpc) is 3.10. The highest BCUT2D eigenvalue weighted by molar-refractivity contribution is 7.14. The number of nitrogens with zero attached hydrogens (tertiary/aromatic N) is 1. The Morgan fingerprint density at radius 3 is 3.00 bits per heavy atom. The summed E-state index contributed by atoms with van der Waals surface area (Å²) in [5.41, 5.74) is 2.66. The lowest BCUT2D eigenvalue weighted by molar-refractivity contribution is 0.0936. The fraction of sp³-hybridized carbons (Fsp3) is 0.471. The van der Waals surface area contributed by atoms with E-state index in [9.17, 15) is 4.79 Å². The predicted octanol–water partition coefficient (Wildman–Crippen LogP) is 3.60. The molecule has 3 rings (SSSR count). The number of hydrogen-bond donors (Lipinski definition) is 1. The lowest BCUT2D eigenvalue weighted by atomic mass is 10.1. The van der Waals surface area contributed by atoms with Gasteiger partial charge in [0.25, 0.3) is 5.91 Å². The second-order valence-electron chi connectivity index (χ2n) is 6.00. The van der Waals surface area contributed by atoms with E-state index in [0.29, 0.717) is 12.6 Å². The van der Waals surface area contributed by atoms with E-state index >= 15 is 0 Å². The summed E-state index contributed by atoms with van der Waals surface area (Å²) in [7, 11) is 0. The number of hydrogen-bond acceptors (Lipinski definition) is 4. The Labute approximate surface area is 140 Å².